The number of carbonyl (C=O) groups is 1. The van der Waals surface area contributed by atoms with Gasteiger partial charge in [0.2, 0.25) is 5.91 Å². The molecule has 0 spiro atoms. The SMILES string of the molecule is CC[C@@H](c1nnc(SCC(=O)NC(C)C)n1Cc1ccccc1)N(C)C. The predicted molar refractivity (Wildman–Crippen MR) is 106 cm³/mol. The number of benzene rings is 1. The summed E-state index contributed by atoms with van der Waals surface area (Å²) in [7, 11) is 4.11. The molecule has 0 unspecified atom stereocenters. The van der Waals surface area contributed by atoms with Gasteiger partial charge in [0.25, 0.3) is 0 Å². The number of thioether (sulfide) groups is 1. The summed E-state index contributed by atoms with van der Waals surface area (Å²) in [4.78, 5) is 14.2. The van der Waals surface area contributed by atoms with E-state index in [2.05, 4.69) is 58.1 Å². The van der Waals surface area contributed by atoms with Crippen molar-refractivity contribution in [1.82, 2.24) is 25.0 Å². The minimum Gasteiger partial charge on any atom is -0.353 e. The van der Waals surface area contributed by atoms with E-state index in [-0.39, 0.29) is 18.0 Å². The van der Waals surface area contributed by atoms with Gasteiger partial charge in [0.15, 0.2) is 11.0 Å². The summed E-state index contributed by atoms with van der Waals surface area (Å²) in [6.07, 6.45) is 0.943. The van der Waals surface area contributed by atoms with Crippen LogP contribution in [0.2, 0.25) is 0 Å². The van der Waals surface area contributed by atoms with Gasteiger partial charge in [-0.1, -0.05) is 49.0 Å². The van der Waals surface area contributed by atoms with E-state index in [9.17, 15) is 4.79 Å². The molecule has 0 aliphatic rings. The van der Waals surface area contributed by atoms with Gasteiger partial charge in [-0.25, -0.2) is 0 Å². The van der Waals surface area contributed by atoms with Crippen LogP contribution in [0.4, 0.5) is 0 Å². The van der Waals surface area contributed by atoms with E-state index in [4.69, 9.17) is 0 Å². The number of nitrogens with zero attached hydrogens (tertiary/aromatic N) is 4. The maximum absolute atomic E-state index is 12.0. The maximum Gasteiger partial charge on any atom is 0.230 e. The second-order valence-electron chi connectivity index (χ2n) is 6.81. The summed E-state index contributed by atoms with van der Waals surface area (Å²) in [5.41, 5.74) is 1.19. The third-order valence-electron chi connectivity index (χ3n) is 4.02. The first-order chi connectivity index (χ1) is 12.4. The summed E-state index contributed by atoms with van der Waals surface area (Å²) in [5.74, 6) is 1.29. The standard InChI is InChI=1S/C19H29N5OS/c1-6-16(23(4)5)18-21-22-19(26-13-17(25)20-14(2)3)24(18)12-15-10-8-7-9-11-15/h7-11,14,16H,6,12-13H2,1-5H3,(H,20,25)/t16-/m0/s1. The van der Waals surface area contributed by atoms with Crippen LogP contribution in [0.25, 0.3) is 0 Å². The Morgan fingerprint density at radius 1 is 1.23 bits per heavy atom. The first kappa shape index (κ1) is 20.5. The molecule has 1 N–H and O–H groups in total. The monoisotopic (exact) mass is 375 g/mol. The number of hydrogen-bond acceptors (Lipinski definition) is 5. The van der Waals surface area contributed by atoms with E-state index < -0.39 is 0 Å². The Balaban J connectivity index is 2.26. The molecule has 142 valence electrons. The second kappa shape index (κ2) is 9.73. The van der Waals surface area contributed by atoms with Gasteiger partial charge in [0, 0.05) is 6.04 Å². The van der Waals surface area contributed by atoms with Crippen LogP contribution >= 0.6 is 11.8 Å². The first-order valence-electron chi connectivity index (χ1n) is 8.98. The maximum atomic E-state index is 12.0. The van der Waals surface area contributed by atoms with Crippen molar-refractivity contribution in [1.29, 1.82) is 0 Å². The van der Waals surface area contributed by atoms with Crippen molar-refractivity contribution >= 4 is 17.7 Å². The van der Waals surface area contributed by atoms with E-state index in [1.165, 1.54) is 17.3 Å². The molecule has 6 nitrogen and oxygen atoms in total. The molecular weight excluding hydrogens is 346 g/mol. The zero-order chi connectivity index (χ0) is 19.1. The molecule has 2 aromatic rings. The van der Waals surface area contributed by atoms with Crippen LogP contribution in [0.1, 0.15) is 44.6 Å². The van der Waals surface area contributed by atoms with E-state index in [0.717, 1.165) is 17.4 Å². The highest BCUT2D eigenvalue weighted by atomic mass is 32.2. The second-order valence-corrected chi connectivity index (χ2v) is 7.75. The fourth-order valence-corrected chi connectivity index (χ4v) is 3.60. The largest absolute Gasteiger partial charge is 0.353 e. The smallest absolute Gasteiger partial charge is 0.230 e. The van der Waals surface area contributed by atoms with Gasteiger partial charge >= 0.3 is 0 Å². The van der Waals surface area contributed by atoms with Crippen molar-refractivity contribution in [2.75, 3.05) is 19.8 Å². The van der Waals surface area contributed by atoms with Crippen LogP contribution in [0.3, 0.4) is 0 Å². The highest BCUT2D eigenvalue weighted by molar-refractivity contribution is 7.99. The Kier molecular flexibility index (Phi) is 7.66. The Morgan fingerprint density at radius 3 is 2.50 bits per heavy atom. The number of carbonyl (C=O) groups excluding carboxylic acids is 1. The molecule has 26 heavy (non-hydrogen) atoms. The molecule has 7 heteroatoms. The van der Waals surface area contributed by atoms with Crippen LogP contribution in [0.15, 0.2) is 35.5 Å². The lowest BCUT2D eigenvalue weighted by Crippen LogP contribution is -2.31. The summed E-state index contributed by atoms with van der Waals surface area (Å²) in [5, 5.41) is 12.5. The van der Waals surface area contributed by atoms with Gasteiger partial charge in [0.1, 0.15) is 0 Å². The van der Waals surface area contributed by atoms with Gasteiger partial charge in [-0.15, -0.1) is 10.2 Å². The third kappa shape index (κ3) is 5.57. The van der Waals surface area contributed by atoms with Gasteiger partial charge in [-0.2, -0.15) is 0 Å². The molecule has 1 aromatic carbocycles. The molecule has 0 fully saturated rings. The topological polar surface area (TPSA) is 63.1 Å². The van der Waals surface area contributed by atoms with E-state index in [1.54, 1.807) is 0 Å². The predicted octanol–water partition coefficient (Wildman–Crippen LogP) is 2.96. The zero-order valence-corrected chi connectivity index (χ0v) is 17.1. The van der Waals surface area contributed by atoms with Crippen molar-refractivity contribution in [3.05, 3.63) is 41.7 Å². The van der Waals surface area contributed by atoms with Crippen molar-refractivity contribution in [2.45, 2.75) is 51.0 Å². The normalized spacial score (nSPS) is 12.6. The lowest BCUT2D eigenvalue weighted by molar-refractivity contribution is -0.119. The van der Waals surface area contributed by atoms with E-state index in [1.807, 2.05) is 32.0 Å². The zero-order valence-electron chi connectivity index (χ0n) is 16.3. The van der Waals surface area contributed by atoms with Crippen LogP contribution < -0.4 is 5.32 Å². The molecule has 0 radical (unpaired) electrons. The van der Waals surface area contributed by atoms with Crippen molar-refractivity contribution < 1.29 is 4.79 Å². The van der Waals surface area contributed by atoms with Crippen LogP contribution in [0, 0.1) is 0 Å². The average molecular weight is 376 g/mol. The Bertz CT molecular complexity index is 699. The minimum atomic E-state index is 0.0143. The lowest BCUT2D eigenvalue weighted by Gasteiger charge is -2.23. The Labute approximate surface area is 160 Å². The molecule has 1 aromatic heterocycles. The Hall–Kier alpha value is -1.86. The number of aromatic nitrogens is 3. The summed E-state index contributed by atoms with van der Waals surface area (Å²) >= 11 is 1.44. The van der Waals surface area contributed by atoms with Crippen LogP contribution in [-0.2, 0) is 11.3 Å². The summed E-state index contributed by atoms with van der Waals surface area (Å²) in [6, 6.07) is 10.6. The Morgan fingerprint density at radius 2 is 1.92 bits per heavy atom. The fourth-order valence-electron chi connectivity index (χ4n) is 2.84. The molecular formula is C19H29N5OS. The number of hydrogen-bond donors (Lipinski definition) is 1. The average Bonchev–Trinajstić information content (AvgIpc) is 2.96. The number of nitrogens with one attached hydrogen (secondary N) is 1. The van der Waals surface area contributed by atoms with Gasteiger partial charge in [0.05, 0.1) is 18.3 Å². The fraction of sp³-hybridized carbons (Fsp3) is 0.526. The first-order valence-corrected chi connectivity index (χ1v) is 9.96. The molecule has 1 atom stereocenters. The highest BCUT2D eigenvalue weighted by Crippen LogP contribution is 2.26. The highest BCUT2D eigenvalue weighted by Gasteiger charge is 2.22. The molecule has 0 aliphatic carbocycles. The molecule has 0 saturated heterocycles. The molecule has 0 saturated carbocycles. The molecule has 2 rings (SSSR count). The van der Waals surface area contributed by atoms with Crippen molar-refractivity contribution in [3.63, 3.8) is 0 Å². The van der Waals surface area contributed by atoms with Gasteiger partial charge in [-0.05, 0) is 39.9 Å². The van der Waals surface area contributed by atoms with Crippen LogP contribution in [0.5, 0.6) is 0 Å². The number of rotatable bonds is 9. The molecule has 1 heterocycles. The molecule has 0 bridgehead atoms. The van der Waals surface area contributed by atoms with Crippen LogP contribution in [-0.4, -0.2) is 51.5 Å². The summed E-state index contributed by atoms with van der Waals surface area (Å²) in [6.45, 7) is 6.76. The third-order valence-corrected chi connectivity index (χ3v) is 4.99. The lowest BCUT2D eigenvalue weighted by atomic mass is 10.2. The minimum absolute atomic E-state index is 0.0143. The van der Waals surface area contributed by atoms with Gasteiger partial charge < -0.3 is 9.88 Å². The van der Waals surface area contributed by atoms with Crippen molar-refractivity contribution in [2.24, 2.45) is 0 Å². The molecule has 0 aliphatic heterocycles. The van der Waals surface area contributed by atoms with Gasteiger partial charge in [-0.3, -0.25) is 9.69 Å². The summed E-state index contributed by atoms with van der Waals surface area (Å²) < 4.78 is 2.14. The quantitative estimate of drug-likeness (QED) is 0.683. The van der Waals surface area contributed by atoms with Crippen molar-refractivity contribution in [3.8, 4) is 0 Å². The number of amides is 1. The van der Waals surface area contributed by atoms with E-state index >= 15 is 0 Å². The van der Waals surface area contributed by atoms with E-state index in [0.29, 0.717) is 12.3 Å². The molecule has 1 amide bonds.